The first-order valence-electron chi connectivity index (χ1n) is 8.73. The number of thiophene rings is 1. The molecule has 1 saturated heterocycles. The number of amides is 1. The van der Waals surface area contributed by atoms with Gasteiger partial charge in [-0.15, -0.1) is 23.7 Å². The van der Waals surface area contributed by atoms with Gasteiger partial charge in [0.25, 0.3) is 0 Å². The summed E-state index contributed by atoms with van der Waals surface area (Å²) in [5, 5.41) is 6.32. The largest absolute Gasteiger partial charge is 0.352 e. The molecule has 1 unspecified atom stereocenters. The molecule has 3 N–H and O–H groups in total. The van der Waals surface area contributed by atoms with Crippen LogP contribution in [-0.4, -0.2) is 40.5 Å². The number of halogens is 1. The van der Waals surface area contributed by atoms with Crippen molar-refractivity contribution in [2.45, 2.75) is 56.7 Å². The maximum absolute atomic E-state index is 12.8. The number of carbonyl (C=O) groups is 1. The van der Waals surface area contributed by atoms with Crippen LogP contribution < -0.4 is 16.0 Å². The van der Waals surface area contributed by atoms with Gasteiger partial charge in [0.2, 0.25) is 5.91 Å². The van der Waals surface area contributed by atoms with Gasteiger partial charge in [0.15, 0.2) is 0 Å². The van der Waals surface area contributed by atoms with Gasteiger partial charge in [-0.25, -0.2) is 9.97 Å². The fourth-order valence-corrected chi connectivity index (χ4v) is 4.59. The van der Waals surface area contributed by atoms with Crippen molar-refractivity contribution in [2.24, 2.45) is 5.73 Å². The Balaban J connectivity index is 0.00000182. The Morgan fingerprint density at radius 1 is 1.24 bits per heavy atom. The Kier molecular flexibility index (Phi) is 5.76. The highest BCUT2D eigenvalue weighted by molar-refractivity contribution is 7.16. The standard InChI is InChI=1S/C17H23N5OS.ClH/c18-11-3-5-12(6-4-11)21-16(23)14-2-1-8-22(14)15-13-7-9-24-17(13)20-10-19-15;/h7,9-12,14H,1-6,8,18H2,(H,21,23);1H. The third-order valence-corrected chi connectivity index (χ3v) is 6.01. The second kappa shape index (κ2) is 7.85. The molecule has 136 valence electrons. The lowest BCUT2D eigenvalue weighted by atomic mass is 9.91. The highest BCUT2D eigenvalue weighted by Crippen LogP contribution is 2.32. The van der Waals surface area contributed by atoms with E-state index in [1.807, 2.05) is 11.4 Å². The van der Waals surface area contributed by atoms with E-state index < -0.39 is 0 Å². The van der Waals surface area contributed by atoms with Crippen molar-refractivity contribution in [1.82, 2.24) is 15.3 Å². The van der Waals surface area contributed by atoms with Gasteiger partial charge in [0, 0.05) is 18.6 Å². The number of fused-ring (bicyclic) bond motifs is 1. The third kappa shape index (κ3) is 3.73. The van der Waals surface area contributed by atoms with E-state index in [0.29, 0.717) is 6.04 Å². The maximum Gasteiger partial charge on any atom is 0.242 e. The number of aromatic nitrogens is 2. The normalized spacial score (nSPS) is 26.4. The van der Waals surface area contributed by atoms with Gasteiger partial charge in [0.05, 0.1) is 5.39 Å². The molecule has 0 radical (unpaired) electrons. The lowest BCUT2D eigenvalue weighted by Crippen LogP contribution is -2.49. The number of nitrogens with zero attached hydrogens (tertiary/aromatic N) is 3. The van der Waals surface area contributed by atoms with Crippen LogP contribution in [0.25, 0.3) is 10.2 Å². The summed E-state index contributed by atoms with van der Waals surface area (Å²) >= 11 is 1.61. The van der Waals surface area contributed by atoms with Gasteiger partial charge in [-0.05, 0) is 50.0 Å². The van der Waals surface area contributed by atoms with E-state index in [2.05, 4.69) is 20.2 Å². The van der Waals surface area contributed by atoms with E-state index in [-0.39, 0.29) is 30.4 Å². The summed E-state index contributed by atoms with van der Waals surface area (Å²) in [6, 6.07) is 2.49. The Labute approximate surface area is 157 Å². The quantitative estimate of drug-likeness (QED) is 0.853. The summed E-state index contributed by atoms with van der Waals surface area (Å²) in [5.41, 5.74) is 5.96. The molecule has 0 aromatic carbocycles. The van der Waals surface area contributed by atoms with Gasteiger partial charge in [-0.1, -0.05) is 0 Å². The highest BCUT2D eigenvalue weighted by atomic mass is 35.5. The van der Waals surface area contributed by atoms with Crippen LogP contribution in [0.1, 0.15) is 38.5 Å². The third-order valence-electron chi connectivity index (χ3n) is 5.19. The molecule has 6 nitrogen and oxygen atoms in total. The molecule has 1 aliphatic heterocycles. The molecule has 0 spiro atoms. The van der Waals surface area contributed by atoms with Crippen molar-refractivity contribution in [3.05, 3.63) is 17.8 Å². The van der Waals surface area contributed by atoms with Crippen molar-refractivity contribution in [2.75, 3.05) is 11.4 Å². The van der Waals surface area contributed by atoms with E-state index in [4.69, 9.17) is 5.73 Å². The number of hydrogen-bond donors (Lipinski definition) is 2. The Morgan fingerprint density at radius 3 is 2.84 bits per heavy atom. The summed E-state index contributed by atoms with van der Waals surface area (Å²) in [6.45, 7) is 0.871. The van der Waals surface area contributed by atoms with Crippen molar-refractivity contribution in [3.8, 4) is 0 Å². The van der Waals surface area contributed by atoms with E-state index in [0.717, 1.165) is 61.1 Å². The van der Waals surface area contributed by atoms with Gasteiger partial charge in [-0.2, -0.15) is 0 Å². The molecular weight excluding hydrogens is 358 g/mol. The monoisotopic (exact) mass is 381 g/mol. The number of carbonyl (C=O) groups excluding carboxylic acids is 1. The summed E-state index contributed by atoms with van der Waals surface area (Å²) in [5.74, 6) is 1.03. The van der Waals surface area contributed by atoms with Crippen LogP contribution in [0.2, 0.25) is 0 Å². The zero-order chi connectivity index (χ0) is 16.5. The van der Waals surface area contributed by atoms with E-state index >= 15 is 0 Å². The first-order chi connectivity index (χ1) is 11.7. The molecule has 2 aromatic rings. The van der Waals surface area contributed by atoms with Crippen LogP contribution in [0, 0.1) is 0 Å². The summed E-state index contributed by atoms with van der Waals surface area (Å²) in [6.07, 6.45) is 7.48. The minimum atomic E-state index is -0.126. The second-order valence-electron chi connectivity index (χ2n) is 6.81. The van der Waals surface area contributed by atoms with Crippen molar-refractivity contribution in [3.63, 3.8) is 0 Å². The predicted molar refractivity (Wildman–Crippen MR) is 103 cm³/mol. The van der Waals surface area contributed by atoms with Crippen LogP contribution >= 0.6 is 23.7 Å². The number of hydrogen-bond acceptors (Lipinski definition) is 6. The van der Waals surface area contributed by atoms with Gasteiger partial charge < -0.3 is 16.0 Å². The molecule has 2 fully saturated rings. The van der Waals surface area contributed by atoms with Crippen LogP contribution in [-0.2, 0) is 4.79 Å². The smallest absolute Gasteiger partial charge is 0.242 e. The zero-order valence-corrected chi connectivity index (χ0v) is 15.7. The molecule has 2 aliphatic rings. The van der Waals surface area contributed by atoms with Crippen LogP contribution in [0.3, 0.4) is 0 Å². The molecule has 1 amide bonds. The Hall–Kier alpha value is -1.44. The van der Waals surface area contributed by atoms with Crippen molar-refractivity contribution in [1.29, 1.82) is 0 Å². The van der Waals surface area contributed by atoms with Gasteiger partial charge >= 0.3 is 0 Å². The first-order valence-corrected chi connectivity index (χ1v) is 9.61. The molecule has 1 atom stereocenters. The summed E-state index contributed by atoms with van der Waals surface area (Å²) in [4.78, 5) is 24.7. The number of nitrogens with two attached hydrogens (primary N) is 1. The van der Waals surface area contributed by atoms with Crippen molar-refractivity contribution < 1.29 is 4.79 Å². The van der Waals surface area contributed by atoms with E-state index in [1.54, 1.807) is 17.7 Å². The minimum absolute atomic E-state index is 0. The topological polar surface area (TPSA) is 84.1 Å². The number of nitrogens with one attached hydrogen (secondary N) is 1. The summed E-state index contributed by atoms with van der Waals surface area (Å²) in [7, 11) is 0. The number of rotatable bonds is 3. The predicted octanol–water partition coefficient (Wildman–Crippen LogP) is 2.47. The molecule has 8 heteroatoms. The van der Waals surface area contributed by atoms with Gasteiger partial charge in [-0.3, -0.25) is 4.79 Å². The number of anilines is 1. The lowest BCUT2D eigenvalue weighted by molar-refractivity contribution is -0.123. The average molecular weight is 382 g/mol. The Bertz CT molecular complexity index is 731. The molecule has 1 aliphatic carbocycles. The highest BCUT2D eigenvalue weighted by Gasteiger charge is 2.34. The molecule has 2 aromatic heterocycles. The van der Waals surface area contributed by atoms with E-state index in [1.165, 1.54) is 0 Å². The van der Waals surface area contributed by atoms with Crippen LogP contribution in [0.4, 0.5) is 5.82 Å². The SMILES string of the molecule is Cl.NC1CCC(NC(=O)C2CCCN2c2ncnc3sccc23)CC1. The molecule has 3 heterocycles. The average Bonchev–Trinajstić information content (AvgIpc) is 3.25. The zero-order valence-electron chi connectivity index (χ0n) is 14.1. The van der Waals surface area contributed by atoms with Crippen LogP contribution in [0.5, 0.6) is 0 Å². The summed E-state index contributed by atoms with van der Waals surface area (Å²) < 4.78 is 0. The van der Waals surface area contributed by atoms with Crippen LogP contribution in [0.15, 0.2) is 17.8 Å². The fraction of sp³-hybridized carbons (Fsp3) is 0.588. The maximum atomic E-state index is 12.8. The first kappa shape index (κ1) is 18.4. The molecular formula is C17H24ClN5OS. The van der Waals surface area contributed by atoms with Gasteiger partial charge in [0.1, 0.15) is 23.0 Å². The molecule has 4 rings (SSSR count). The van der Waals surface area contributed by atoms with E-state index in [9.17, 15) is 4.79 Å². The molecule has 0 bridgehead atoms. The fourth-order valence-electron chi connectivity index (χ4n) is 3.86. The molecule has 1 saturated carbocycles. The lowest BCUT2D eigenvalue weighted by Gasteiger charge is -2.30. The van der Waals surface area contributed by atoms with Crippen molar-refractivity contribution >= 4 is 45.7 Å². The molecule has 25 heavy (non-hydrogen) atoms. The Morgan fingerprint density at radius 2 is 2.04 bits per heavy atom. The minimum Gasteiger partial charge on any atom is -0.352 e. The second-order valence-corrected chi connectivity index (χ2v) is 7.70.